The normalized spacial score (nSPS) is 19.4. The first kappa shape index (κ1) is 11.3. The summed E-state index contributed by atoms with van der Waals surface area (Å²) in [7, 11) is 0. The number of halogens is 2. The van der Waals surface area contributed by atoms with E-state index >= 15 is 0 Å². The van der Waals surface area contributed by atoms with Crippen molar-refractivity contribution < 1.29 is 8.78 Å². The first-order valence-corrected chi connectivity index (χ1v) is 5.57. The topological polar surface area (TPSA) is 22.0 Å². The van der Waals surface area contributed by atoms with Crippen LogP contribution in [-0.2, 0) is 13.0 Å². The largest absolute Gasteiger partial charge is 0.316 e. The molecule has 88 valence electrons. The SMILES string of the molecule is CCn1cc(CC2CC(F)(F)C2)ccc1=O. The highest BCUT2D eigenvalue weighted by Gasteiger charge is 2.44. The zero-order valence-corrected chi connectivity index (χ0v) is 9.25. The molecule has 1 aromatic heterocycles. The molecule has 0 unspecified atom stereocenters. The lowest BCUT2D eigenvalue weighted by Gasteiger charge is -2.35. The highest BCUT2D eigenvalue weighted by atomic mass is 19.3. The van der Waals surface area contributed by atoms with Crippen LogP contribution in [0.1, 0.15) is 25.3 Å². The van der Waals surface area contributed by atoms with E-state index in [-0.39, 0.29) is 24.3 Å². The predicted octanol–water partition coefficient (Wildman–Crippen LogP) is 2.46. The van der Waals surface area contributed by atoms with Gasteiger partial charge in [0, 0.05) is 31.6 Å². The van der Waals surface area contributed by atoms with Gasteiger partial charge in [0.2, 0.25) is 5.92 Å². The number of aromatic nitrogens is 1. The van der Waals surface area contributed by atoms with Crippen LogP contribution in [0.25, 0.3) is 0 Å². The summed E-state index contributed by atoms with van der Waals surface area (Å²) >= 11 is 0. The fraction of sp³-hybridized carbons (Fsp3) is 0.583. The van der Waals surface area contributed by atoms with Crippen LogP contribution in [0.5, 0.6) is 0 Å². The van der Waals surface area contributed by atoms with Gasteiger partial charge in [0.05, 0.1) is 0 Å². The van der Waals surface area contributed by atoms with Gasteiger partial charge in [-0.25, -0.2) is 8.78 Å². The first-order chi connectivity index (χ1) is 7.50. The zero-order valence-electron chi connectivity index (χ0n) is 9.25. The minimum absolute atomic E-state index is 0.0156. The van der Waals surface area contributed by atoms with Gasteiger partial charge >= 0.3 is 0 Å². The summed E-state index contributed by atoms with van der Waals surface area (Å²) in [6.45, 7) is 2.51. The Balaban J connectivity index is 2.03. The third-order valence-corrected chi connectivity index (χ3v) is 3.08. The molecular weight excluding hydrogens is 212 g/mol. The Morgan fingerprint density at radius 3 is 2.69 bits per heavy atom. The predicted molar refractivity (Wildman–Crippen MR) is 57.8 cm³/mol. The van der Waals surface area contributed by atoms with Gasteiger partial charge in [-0.2, -0.15) is 0 Å². The molecule has 0 N–H and O–H groups in total. The molecule has 1 fully saturated rings. The molecule has 2 rings (SSSR count). The Morgan fingerprint density at radius 2 is 2.12 bits per heavy atom. The molecule has 4 heteroatoms. The van der Waals surface area contributed by atoms with Gasteiger partial charge in [0.1, 0.15) is 0 Å². The highest BCUT2D eigenvalue weighted by molar-refractivity contribution is 5.12. The minimum atomic E-state index is -2.45. The Morgan fingerprint density at radius 1 is 1.44 bits per heavy atom. The average Bonchev–Trinajstić information content (AvgIpc) is 2.18. The quantitative estimate of drug-likeness (QED) is 0.777. The van der Waals surface area contributed by atoms with Crippen molar-refractivity contribution in [3.05, 3.63) is 34.2 Å². The van der Waals surface area contributed by atoms with Gasteiger partial charge in [-0.05, 0) is 24.8 Å². The summed E-state index contributed by atoms with van der Waals surface area (Å²) < 4.78 is 26.9. The second kappa shape index (κ2) is 4.00. The molecule has 0 atom stereocenters. The van der Waals surface area contributed by atoms with Crippen molar-refractivity contribution >= 4 is 0 Å². The van der Waals surface area contributed by atoms with Crippen LogP contribution in [0.2, 0.25) is 0 Å². The van der Waals surface area contributed by atoms with Crippen LogP contribution in [0.3, 0.4) is 0 Å². The number of hydrogen-bond donors (Lipinski definition) is 0. The van der Waals surface area contributed by atoms with Crippen molar-refractivity contribution in [3.8, 4) is 0 Å². The van der Waals surface area contributed by atoms with Crippen molar-refractivity contribution in [1.82, 2.24) is 4.57 Å². The van der Waals surface area contributed by atoms with E-state index in [4.69, 9.17) is 0 Å². The third kappa shape index (κ3) is 2.31. The summed E-state index contributed by atoms with van der Waals surface area (Å²) in [4.78, 5) is 11.3. The van der Waals surface area contributed by atoms with Gasteiger partial charge in [-0.3, -0.25) is 4.79 Å². The van der Waals surface area contributed by atoms with Crippen molar-refractivity contribution in [2.45, 2.75) is 38.7 Å². The monoisotopic (exact) mass is 227 g/mol. The molecule has 0 bridgehead atoms. The fourth-order valence-electron chi connectivity index (χ4n) is 2.21. The molecule has 2 nitrogen and oxygen atoms in total. The van der Waals surface area contributed by atoms with Crippen molar-refractivity contribution in [2.24, 2.45) is 5.92 Å². The van der Waals surface area contributed by atoms with E-state index in [1.807, 2.05) is 6.92 Å². The number of pyridine rings is 1. The average molecular weight is 227 g/mol. The van der Waals surface area contributed by atoms with E-state index in [2.05, 4.69) is 0 Å². The summed E-state index contributed by atoms with van der Waals surface area (Å²) in [5.74, 6) is -2.39. The molecule has 1 heterocycles. The van der Waals surface area contributed by atoms with Gasteiger partial charge < -0.3 is 4.57 Å². The van der Waals surface area contributed by atoms with Gasteiger partial charge in [0.25, 0.3) is 5.56 Å². The number of nitrogens with zero attached hydrogens (tertiary/aromatic N) is 1. The van der Waals surface area contributed by atoms with Gasteiger partial charge in [0.15, 0.2) is 0 Å². The van der Waals surface area contributed by atoms with Crippen LogP contribution in [0.15, 0.2) is 23.1 Å². The van der Waals surface area contributed by atoms with Crippen molar-refractivity contribution in [1.29, 1.82) is 0 Å². The summed E-state index contributed by atoms with van der Waals surface area (Å²) in [5, 5.41) is 0. The lowest BCUT2D eigenvalue weighted by molar-refractivity contribution is -0.109. The molecule has 16 heavy (non-hydrogen) atoms. The zero-order chi connectivity index (χ0) is 11.8. The summed E-state index contributed by atoms with van der Waals surface area (Å²) in [5.41, 5.74) is 0.937. The minimum Gasteiger partial charge on any atom is -0.316 e. The molecule has 0 spiro atoms. The van der Waals surface area contributed by atoms with Crippen LogP contribution < -0.4 is 5.56 Å². The molecule has 1 aliphatic carbocycles. The Labute approximate surface area is 92.9 Å². The summed E-state index contributed by atoms with van der Waals surface area (Å²) in [6, 6.07) is 3.25. The van der Waals surface area contributed by atoms with Crippen LogP contribution in [-0.4, -0.2) is 10.5 Å². The molecule has 1 aliphatic rings. The first-order valence-electron chi connectivity index (χ1n) is 5.57. The van der Waals surface area contributed by atoms with Crippen LogP contribution >= 0.6 is 0 Å². The lowest BCUT2D eigenvalue weighted by atomic mass is 9.78. The van der Waals surface area contributed by atoms with Crippen molar-refractivity contribution in [2.75, 3.05) is 0 Å². The maximum absolute atomic E-state index is 12.6. The molecule has 0 saturated heterocycles. The smallest absolute Gasteiger partial charge is 0.250 e. The highest BCUT2D eigenvalue weighted by Crippen LogP contribution is 2.43. The molecule has 0 aromatic carbocycles. The third-order valence-electron chi connectivity index (χ3n) is 3.08. The molecular formula is C12H15F2NO. The number of aryl methyl sites for hydroxylation is 1. The maximum Gasteiger partial charge on any atom is 0.250 e. The Kier molecular flexibility index (Phi) is 2.82. The fourth-order valence-corrected chi connectivity index (χ4v) is 2.21. The second-order valence-corrected chi connectivity index (χ2v) is 4.50. The van der Waals surface area contributed by atoms with E-state index < -0.39 is 5.92 Å². The van der Waals surface area contributed by atoms with E-state index in [0.717, 1.165) is 5.56 Å². The van der Waals surface area contributed by atoms with Gasteiger partial charge in [-0.1, -0.05) is 6.07 Å². The van der Waals surface area contributed by atoms with E-state index in [1.165, 1.54) is 6.07 Å². The van der Waals surface area contributed by atoms with Gasteiger partial charge in [-0.15, -0.1) is 0 Å². The van der Waals surface area contributed by atoms with E-state index in [0.29, 0.717) is 13.0 Å². The van der Waals surface area contributed by atoms with E-state index in [1.54, 1.807) is 16.8 Å². The lowest BCUT2D eigenvalue weighted by Crippen LogP contribution is -2.36. The maximum atomic E-state index is 12.6. The van der Waals surface area contributed by atoms with Crippen LogP contribution in [0.4, 0.5) is 8.78 Å². The summed E-state index contributed by atoms with van der Waals surface area (Å²) in [6.07, 6.45) is 2.39. The number of rotatable bonds is 3. The Hall–Kier alpha value is -1.19. The number of alkyl halides is 2. The molecule has 0 amide bonds. The van der Waals surface area contributed by atoms with Crippen LogP contribution in [0, 0.1) is 5.92 Å². The number of hydrogen-bond acceptors (Lipinski definition) is 1. The standard InChI is InChI=1S/C12H15F2NO/c1-2-15-8-9(3-4-11(15)16)5-10-6-12(13,14)7-10/h3-4,8,10H,2,5-7H2,1H3. The van der Waals surface area contributed by atoms with E-state index in [9.17, 15) is 13.6 Å². The molecule has 0 aliphatic heterocycles. The molecule has 1 aromatic rings. The Bertz CT molecular complexity index is 431. The molecule has 0 radical (unpaired) electrons. The van der Waals surface area contributed by atoms with Crippen molar-refractivity contribution in [3.63, 3.8) is 0 Å². The second-order valence-electron chi connectivity index (χ2n) is 4.50. The molecule has 1 saturated carbocycles.